The lowest BCUT2D eigenvalue weighted by molar-refractivity contribution is 0.575. The highest BCUT2D eigenvalue weighted by atomic mass is 32.2. The topological polar surface area (TPSA) is 12.0 Å². The van der Waals surface area contributed by atoms with Crippen molar-refractivity contribution in [2.24, 2.45) is 0 Å². The maximum atomic E-state index is 3.58. The van der Waals surface area contributed by atoms with E-state index < -0.39 is 0 Å². The van der Waals surface area contributed by atoms with E-state index in [1.807, 2.05) is 11.8 Å². The van der Waals surface area contributed by atoms with Gasteiger partial charge >= 0.3 is 0 Å². The highest BCUT2D eigenvalue weighted by Crippen LogP contribution is 2.17. The standard InChI is InChI=1S/C14H23NS/c1-10-6-7-14(8-11(10)2)13(4)15-9-12(3)16-5/h6-8,12-13,15H,9H2,1-5H3. The summed E-state index contributed by atoms with van der Waals surface area (Å²) in [7, 11) is 0. The summed E-state index contributed by atoms with van der Waals surface area (Å²) >= 11 is 1.91. The van der Waals surface area contributed by atoms with Crippen LogP contribution in [0, 0.1) is 13.8 Å². The van der Waals surface area contributed by atoms with Gasteiger partial charge in [0.05, 0.1) is 0 Å². The van der Waals surface area contributed by atoms with Crippen LogP contribution in [-0.2, 0) is 0 Å². The first kappa shape index (κ1) is 13.6. The fraction of sp³-hybridized carbons (Fsp3) is 0.571. The largest absolute Gasteiger partial charge is 0.309 e. The Hall–Kier alpha value is -0.470. The molecule has 1 aromatic carbocycles. The third-order valence-corrected chi connectivity index (χ3v) is 4.12. The lowest BCUT2D eigenvalue weighted by Crippen LogP contribution is -2.25. The van der Waals surface area contributed by atoms with Crippen LogP contribution in [0.15, 0.2) is 18.2 Å². The Morgan fingerprint density at radius 2 is 1.88 bits per heavy atom. The van der Waals surface area contributed by atoms with Crippen molar-refractivity contribution in [3.63, 3.8) is 0 Å². The second-order valence-electron chi connectivity index (χ2n) is 4.52. The van der Waals surface area contributed by atoms with Gasteiger partial charge in [-0.1, -0.05) is 25.1 Å². The Morgan fingerprint density at radius 3 is 2.44 bits per heavy atom. The van der Waals surface area contributed by atoms with Crippen molar-refractivity contribution in [2.75, 3.05) is 12.8 Å². The number of hydrogen-bond acceptors (Lipinski definition) is 2. The molecule has 0 aromatic heterocycles. The molecule has 1 nitrogen and oxygen atoms in total. The summed E-state index contributed by atoms with van der Waals surface area (Å²) in [6, 6.07) is 7.16. The van der Waals surface area contributed by atoms with Crippen LogP contribution in [0.1, 0.15) is 36.6 Å². The summed E-state index contributed by atoms with van der Waals surface area (Å²) in [6.07, 6.45) is 2.16. The Labute approximate surface area is 104 Å². The van der Waals surface area contributed by atoms with E-state index in [-0.39, 0.29) is 0 Å². The SMILES string of the molecule is CSC(C)CNC(C)c1ccc(C)c(C)c1. The third kappa shape index (κ3) is 3.84. The van der Waals surface area contributed by atoms with E-state index in [1.165, 1.54) is 16.7 Å². The van der Waals surface area contributed by atoms with Crippen molar-refractivity contribution in [3.8, 4) is 0 Å². The molecule has 0 aliphatic heterocycles. The first-order valence-electron chi connectivity index (χ1n) is 5.88. The average Bonchev–Trinajstić information content (AvgIpc) is 2.29. The zero-order valence-electron chi connectivity index (χ0n) is 11.0. The highest BCUT2D eigenvalue weighted by molar-refractivity contribution is 7.99. The van der Waals surface area contributed by atoms with E-state index in [1.54, 1.807) is 0 Å². The maximum Gasteiger partial charge on any atom is 0.0292 e. The van der Waals surface area contributed by atoms with Gasteiger partial charge < -0.3 is 5.32 Å². The third-order valence-electron chi connectivity index (χ3n) is 3.14. The quantitative estimate of drug-likeness (QED) is 0.838. The van der Waals surface area contributed by atoms with Gasteiger partial charge in [-0.3, -0.25) is 0 Å². The van der Waals surface area contributed by atoms with Crippen LogP contribution in [0.5, 0.6) is 0 Å². The first-order chi connectivity index (χ1) is 7.54. The lowest BCUT2D eigenvalue weighted by atomic mass is 10.0. The second kappa shape index (κ2) is 6.31. The second-order valence-corrected chi connectivity index (χ2v) is 5.80. The van der Waals surface area contributed by atoms with Gasteiger partial charge in [0, 0.05) is 17.8 Å². The van der Waals surface area contributed by atoms with Crippen LogP contribution in [-0.4, -0.2) is 18.1 Å². The molecule has 0 fully saturated rings. The minimum absolute atomic E-state index is 0.439. The molecule has 0 amide bonds. The number of nitrogens with one attached hydrogen (secondary N) is 1. The van der Waals surface area contributed by atoms with Gasteiger partial charge in [-0.2, -0.15) is 11.8 Å². The minimum Gasteiger partial charge on any atom is -0.309 e. The molecule has 2 atom stereocenters. The Morgan fingerprint density at radius 1 is 1.19 bits per heavy atom. The summed E-state index contributed by atoms with van der Waals surface area (Å²) in [5.74, 6) is 0. The van der Waals surface area contributed by atoms with Crippen molar-refractivity contribution in [1.82, 2.24) is 5.32 Å². The monoisotopic (exact) mass is 237 g/mol. The average molecular weight is 237 g/mol. The van der Waals surface area contributed by atoms with E-state index in [4.69, 9.17) is 0 Å². The Kier molecular flexibility index (Phi) is 5.36. The fourth-order valence-corrected chi connectivity index (χ4v) is 1.84. The molecule has 0 aliphatic carbocycles. The first-order valence-corrected chi connectivity index (χ1v) is 7.16. The summed E-state index contributed by atoms with van der Waals surface area (Å²) < 4.78 is 0. The van der Waals surface area contributed by atoms with Crippen LogP contribution in [0.2, 0.25) is 0 Å². The summed E-state index contributed by atoms with van der Waals surface area (Å²) in [5, 5.41) is 4.25. The number of rotatable bonds is 5. The zero-order valence-corrected chi connectivity index (χ0v) is 11.8. The molecule has 0 aliphatic rings. The molecule has 0 heterocycles. The molecule has 0 radical (unpaired) electrons. The zero-order chi connectivity index (χ0) is 12.1. The fourth-order valence-electron chi connectivity index (χ4n) is 1.58. The van der Waals surface area contributed by atoms with E-state index in [9.17, 15) is 0 Å². The van der Waals surface area contributed by atoms with Crippen molar-refractivity contribution in [2.45, 2.75) is 39.0 Å². The molecular weight excluding hydrogens is 214 g/mol. The van der Waals surface area contributed by atoms with Gasteiger partial charge in [0.25, 0.3) is 0 Å². The predicted octanol–water partition coefficient (Wildman–Crippen LogP) is 3.71. The van der Waals surface area contributed by atoms with E-state index in [0.29, 0.717) is 11.3 Å². The van der Waals surface area contributed by atoms with Crippen LogP contribution in [0.3, 0.4) is 0 Å². The molecule has 90 valence electrons. The lowest BCUT2D eigenvalue weighted by Gasteiger charge is -2.18. The molecule has 0 saturated carbocycles. The Balaban J connectivity index is 2.59. The molecule has 1 aromatic rings. The van der Waals surface area contributed by atoms with Crippen molar-refractivity contribution in [1.29, 1.82) is 0 Å². The van der Waals surface area contributed by atoms with Crippen LogP contribution in [0.4, 0.5) is 0 Å². The van der Waals surface area contributed by atoms with Gasteiger partial charge in [0.2, 0.25) is 0 Å². The van der Waals surface area contributed by atoms with E-state index >= 15 is 0 Å². The smallest absolute Gasteiger partial charge is 0.0292 e. The predicted molar refractivity (Wildman–Crippen MR) is 75.3 cm³/mol. The number of aryl methyl sites for hydroxylation is 2. The molecular formula is C14H23NS. The van der Waals surface area contributed by atoms with Gasteiger partial charge in [-0.15, -0.1) is 0 Å². The highest BCUT2D eigenvalue weighted by Gasteiger charge is 2.07. The van der Waals surface area contributed by atoms with Gasteiger partial charge in [-0.05, 0) is 43.7 Å². The van der Waals surface area contributed by atoms with Gasteiger partial charge in [-0.25, -0.2) is 0 Å². The van der Waals surface area contributed by atoms with Gasteiger partial charge in [0.15, 0.2) is 0 Å². The number of benzene rings is 1. The molecule has 0 saturated heterocycles. The van der Waals surface area contributed by atoms with Crippen molar-refractivity contribution in [3.05, 3.63) is 34.9 Å². The van der Waals surface area contributed by atoms with Crippen LogP contribution >= 0.6 is 11.8 Å². The molecule has 16 heavy (non-hydrogen) atoms. The number of thioether (sulfide) groups is 1. The van der Waals surface area contributed by atoms with Gasteiger partial charge in [0.1, 0.15) is 0 Å². The van der Waals surface area contributed by atoms with Crippen LogP contribution < -0.4 is 5.32 Å². The molecule has 1 N–H and O–H groups in total. The van der Waals surface area contributed by atoms with E-state index in [2.05, 4.69) is 57.5 Å². The summed E-state index contributed by atoms with van der Waals surface area (Å²) in [6.45, 7) is 9.89. The van der Waals surface area contributed by atoms with E-state index in [0.717, 1.165) is 6.54 Å². The summed E-state index contributed by atoms with van der Waals surface area (Å²) in [5.41, 5.74) is 4.13. The normalized spacial score (nSPS) is 14.8. The molecule has 0 spiro atoms. The summed E-state index contributed by atoms with van der Waals surface area (Å²) in [4.78, 5) is 0. The number of hydrogen-bond donors (Lipinski definition) is 1. The molecule has 1 rings (SSSR count). The minimum atomic E-state index is 0.439. The maximum absolute atomic E-state index is 3.58. The Bertz CT molecular complexity index is 336. The molecule has 2 unspecified atom stereocenters. The van der Waals surface area contributed by atoms with Crippen molar-refractivity contribution >= 4 is 11.8 Å². The molecule has 0 bridgehead atoms. The van der Waals surface area contributed by atoms with Crippen LogP contribution in [0.25, 0.3) is 0 Å². The molecule has 2 heteroatoms. The van der Waals surface area contributed by atoms with Crippen molar-refractivity contribution < 1.29 is 0 Å².